The van der Waals surface area contributed by atoms with Gasteiger partial charge < -0.3 is 14.2 Å². The Hall–Kier alpha value is -2.54. The van der Waals surface area contributed by atoms with Crippen molar-refractivity contribution < 1.29 is 14.3 Å². The Kier molecular flexibility index (Phi) is 7.02. The second-order valence-corrected chi connectivity index (χ2v) is 8.18. The van der Waals surface area contributed by atoms with E-state index in [-0.39, 0.29) is 36.7 Å². The van der Waals surface area contributed by atoms with Crippen LogP contribution in [0.3, 0.4) is 0 Å². The molecule has 0 radical (unpaired) electrons. The van der Waals surface area contributed by atoms with E-state index in [1.165, 1.54) is 0 Å². The molecule has 1 aliphatic rings. The van der Waals surface area contributed by atoms with Crippen LogP contribution >= 0.6 is 0 Å². The fourth-order valence-electron chi connectivity index (χ4n) is 4.32. The van der Waals surface area contributed by atoms with Gasteiger partial charge in [-0.25, -0.2) is 4.98 Å². The number of rotatable bonds is 8. The molecule has 2 aromatic rings. The highest BCUT2D eigenvalue weighted by atomic mass is 16.5. The number of aromatic nitrogens is 2. The van der Waals surface area contributed by atoms with Gasteiger partial charge in [-0.2, -0.15) is 0 Å². The molecular formula is C23H31N3O4. The van der Waals surface area contributed by atoms with Crippen LogP contribution in [0.5, 0.6) is 0 Å². The number of benzene rings is 1. The summed E-state index contributed by atoms with van der Waals surface area (Å²) in [5, 5.41) is 0. The fraction of sp³-hybridized carbons (Fsp3) is 0.565. The molecule has 2 heterocycles. The maximum Gasteiger partial charge on any atom is 0.306 e. The van der Waals surface area contributed by atoms with Crippen LogP contribution in [0.25, 0.3) is 11.0 Å². The largest absolute Gasteiger partial charge is 0.466 e. The molecule has 3 rings (SSSR count). The number of likely N-dealkylation sites (tertiary alicyclic amines) is 1. The summed E-state index contributed by atoms with van der Waals surface area (Å²) in [5.41, 5.74) is 0.851. The van der Waals surface area contributed by atoms with Crippen molar-refractivity contribution >= 4 is 22.8 Å². The minimum atomic E-state index is -0.446. The first-order valence-corrected chi connectivity index (χ1v) is 10.8. The van der Waals surface area contributed by atoms with Crippen LogP contribution in [0.4, 0.5) is 0 Å². The number of hydrogen-bond donors (Lipinski definition) is 0. The number of ketones is 1. The molecular weight excluding hydrogens is 382 g/mol. The zero-order valence-electron chi connectivity index (χ0n) is 18.3. The van der Waals surface area contributed by atoms with Gasteiger partial charge in [0, 0.05) is 24.5 Å². The Morgan fingerprint density at radius 1 is 1.23 bits per heavy atom. The summed E-state index contributed by atoms with van der Waals surface area (Å²) in [5.74, 6) is -0.870. The number of esters is 1. The molecule has 0 amide bonds. The van der Waals surface area contributed by atoms with Gasteiger partial charge in [0.05, 0.1) is 24.1 Å². The monoisotopic (exact) mass is 413 g/mol. The molecule has 162 valence electrons. The van der Waals surface area contributed by atoms with Gasteiger partial charge in [-0.05, 0) is 59.2 Å². The van der Waals surface area contributed by atoms with E-state index in [0.29, 0.717) is 17.6 Å². The molecule has 1 aromatic heterocycles. The van der Waals surface area contributed by atoms with Crippen molar-refractivity contribution in [2.45, 2.75) is 71.0 Å². The Morgan fingerprint density at radius 2 is 1.97 bits per heavy atom. The van der Waals surface area contributed by atoms with E-state index in [1.54, 1.807) is 11.5 Å². The summed E-state index contributed by atoms with van der Waals surface area (Å²) >= 11 is 0. The fourth-order valence-corrected chi connectivity index (χ4v) is 4.32. The lowest BCUT2D eigenvalue weighted by Gasteiger charge is -2.27. The topological polar surface area (TPSA) is 81.5 Å². The van der Waals surface area contributed by atoms with Crippen LogP contribution in [0.2, 0.25) is 0 Å². The Balaban J connectivity index is 1.93. The van der Waals surface area contributed by atoms with E-state index in [1.807, 2.05) is 31.2 Å². The van der Waals surface area contributed by atoms with Crippen LogP contribution in [-0.2, 0) is 9.53 Å². The third-order valence-electron chi connectivity index (χ3n) is 6.16. The summed E-state index contributed by atoms with van der Waals surface area (Å²) < 4.78 is 6.59. The molecule has 0 spiro atoms. The molecule has 7 nitrogen and oxygen atoms in total. The normalized spacial score (nSPS) is 20.4. The van der Waals surface area contributed by atoms with Gasteiger partial charge in [0.15, 0.2) is 11.5 Å². The summed E-state index contributed by atoms with van der Waals surface area (Å²) in [6, 6.07) is 8.25. The number of nitrogens with zero attached hydrogens (tertiary/aromatic N) is 3. The Morgan fingerprint density at radius 3 is 2.63 bits per heavy atom. The molecule has 0 N–H and O–H groups in total. The van der Waals surface area contributed by atoms with Gasteiger partial charge in [0.2, 0.25) is 0 Å². The predicted octanol–water partition coefficient (Wildman–Crippen LogP) is 3.36. The summed E-state index contributed by atoms with van der Waals surface area (Å²) in [6.07, 6.45) is 2.94. The highest BCUT2D eigenvalue weighted by Gasteiger charge is 2.30. The van der Waals surface area contributed by atoms with Crippen LogP contribution in [-0.4, -0.2) is 51.9 Å². The molecule has 3 atom stereocenters. The molecule has 0 aliphatic carbocycles. The van der Waals surface area contributed by atoms with Gasteiger partial charge in [-0.1, -0.05) is 12.1 Å². The lowest BCUT2D eigenvalue weighted by atomic mass is 10.0. The first-order valence-electron chi connectivity index (χ1n) is 10.8. The van der Waals surface area contributed by atoms with Crippen molar-refractivity contribution in [1.82, 2.24) is 14.5 Å². The average Bonchev–Trinajstić information content (AvgIpc) is 3.03. The molecule has 0 bridgehead atoms. The lowest BCUT2D eigenvalue weighted by molar-refractivity contribution is -0.143. The predicted molar refractivity (Wildman–Crippen MR) is 116 cm³/mol. The van der Waals surface area contributed by atoms with Crippen molar-refractivity contribution in [3.05, 3.63) is 40.3 Å². The number of para-hydroxylation sites is 2. The van der Waals surface area contributed by atoms with Gasteiger partial charge in [-0.3, -0.25) is 14.4 Å². The van der Waals surface area contributed by atoms with Crippen molar-refractivity contribution in [2.24, 2.45) is 0 Å². The standard InChI is InChI=1S/C23H31N3O4/c1-5-30-21(28)13-12-20(27)22-23(29)26(19-9-7-6-8-18(19)24-22)16(3)14-17-11-10-15(2)25(17)4/h6-9,15-17H,5,10-14H2,1-4H3. The Labute approximate surface area is 177 Å². The van der Waals surface area contributed by atoms with Gasteiger partial charge >= 0.3 is 5.97 Å². The minimum absolute atomic E-state index is 0.0546. The first-order chi connectivity index (χ1) is 14.3. The minimum Gasteiger partial charge on any atom is -0.466 e. The molecule has 30 heavy (non-hydrogen) atoms. The van der Waals surface area contributed by atoms with Crippen LogP contribution in [0.1, 0.15) is 69.4 Å². The zero-order valence-corrected chi connectivity index (χ0v) is 18.3. The average molecular weight is 414 g/mol. The molecule has 1 fully saturated rings. The number of carbonyl (C=O) groups excluding carboxylic acids is 2. The molecule has 1 saturated heterocycles. The van der Waals surface area contributed by atoms with Crippen molar-refractivity contribution in [3.8, 4) is 0 Å². The highest BCUT2D eigenvalue weighted by molar-refractivity contribution is 5.97. The molecule has 1 aliphatic heterocycles. The summed E-state index contributed by atoms with van der Waals surface area (Å²) in [4.78, 5) is 44.4. The highest BCUT2D eigenvalue weighted by Crippen LogP contribution is 2.29. The Bertz CT molecular complexity index is 984. The van der Waals surface area contributed by atoms with Gasteiger partial charge in [-0.15, -0.1) is 0 Å². The molecule has 0 saturated carbocycles. The zero-order chi connectivity index (χ0) is 21.8. The summed E-state index contributed by atoms with van der Waals surface area (Å²) in [7, 11) is 2.13. The second-order valence-electron chi connectivity index (χ2n) is 8.18. The van der Waals surface area contributed by atoms with E-state index in [4.69, 9.17) is 4.74 Å². The lowest BCUT2D eigenvalue weighted by Crippen LogP contribution is -2.35. The van der Waals surface area contributed by atoms with Crippen LogP contribution in [0, 0.1) is 0 Å². The third-order valence-corrected chi connectivity index (χ3v) is 6.16. The maximum absolute atomic E-state index is 13.3. The van der Waals surface area contributed by atoms with Crippen LogP contribution in [0.15, 0.2) is 29.1 Å². The van der Waals surface area contributed by atoms with E-state index >= 15 is 0 Å². The molecule has 3 unspecified atom stereocenters. The van der Waals surface area contributed by atoms with E-state index < -0.39 is 11.8 Å². The van der Waals surface area contributed by atoms with E-state index in [9.17, 15) is 14.4 Å². The van der Waals surface area contributed by atoms with E-state index in [2.05, 4.69) is 23.9 Å². The van der Waals surface area contributed by atoms with Crippen LogP contribution < -0.4 is 5.56 Å². The number of carbonyl (C=O) groups is 2. The maximum atomic E-state index is 13.3. The van der Waals surface area contributed by atoms with Crippen molar-refractivity contribution in [1.29, 1.82) is 0 Å². The number of hydrogen-bond acceptors (Lipinski definition) is 6. The van der Waals surface area contributed by atoms with E-state index in [0.717, 1.165) is 24.8 Å². The first kappa shape index (κ1) is 22.2. The number of Topliss-reactive ketones (excluding diaryl/α,β-unsaturated/α-hetero) is 1. The second kappa shape index (κ2) is 9.51. The van der Waals surface area contributed by atoms with Crippen molar-refractivity contribution in [3.63, 3.8) is 0 Å². The molecule has 7 heteroatoms. The smallest absolute Gasteiger partial charge is 0.306 e. The number of ether oxygens (including phenoxy) is 1. The van der Waals surface area contributed by atoms with Crippen molar-refractivity contribution in [2.75, 3.05) is 13.7 Å². The summed E-state index contributed by atoms with van der Waals surface area (Å²) in [6.45, 7) is 6.23. The quantitative estimate of drug-likeness (QED) is 0.488. The SMILES string of the molecule is CCOC(=O)CCC(=O)c1nc2ccccc2n(C(C)CC2CCC(C)N2C)c1=O. The molecule has 1 aromatic carbocycles. The van der Waals surface area contributed by atoms with Gasteiger partial charge in [0.1, 0.15) is 0 Å². The number of fused-ring (bicyclic) bond motifs is 1. The van der Waals surface area contributed by atoms with Gasteiger partial charge in [0.25, 0.3) is 5.56 Å². The third kappa shape index (κ3) is 4.61.